The smallest absolute Gasteiger partial charge is 0.126 e. The lowest BCUT2D eigenvalue weighted by Crippen LogP contribution is -2.32. The minimum Gasteiger partial charge on any atom is -0.328 e. The Balaban J connectivity index is 2.89. The SMILES string of the molecule is CC(C)C(Cc1cc(F)ccc1F)C(C)N. The maximum absolute atomic E-state index is 13.4. The van der Waals surface area contributed by atoms with Crippen LogP contribution in [-0.4, -0.2) is 6.04 Å². The molecule has 1 nitrogen and oxygen atoms in total. The molecule has 90 valence electrons. The van der Waals surface area contributed by atoms with E-state index in [4.69, 9.17) is 5.73 Å². The van der Waals surface area contributed by atoms with Crippen LogP contribution in [0.4, 0.5) is 8.78 Å². The molecule has 0 bridgehead atoms. The third kappa shape index (κ3) is 3.27. The van der Waals surface area contributed by atoms with E-state index >= 15 is 0 Å². The van der Waals surface area contributed by atoms with Gasteiger partial charge >= 0.3 is 0 Å². The van der Waals surface area contributed by atoms with Gasteiger partial charge in [-0.1, -0.05) is 13.8 Å². The predicted molar refractivity (Wildman–Crippen MR) is 62.0 cm³/mol. The molecule has 0 fully saturated rings. The normalized spacial score (nSPS) is 15.2. The van der Waals surface area contributed by atoms with Gasteiger partial charge in [0.1, 0.15) is 11.6 Å². The van der Waals surface area contributed by atoms with Crippen LogP contribution in [0.1, 0.15) is 26.3 Å². The highest BCUT2D eigenvalue weighted by molar-refractivity contribution is 5.19. The minimum absolute atomic E-state index is 0.0253. The van der Waals surface area contributed by atoms with E-state index in [2.05, 4.69) is 0 Å². The summed E-state index contributed by atoms with van der Waals surface area (Å²) in [4.78, 5) is 0. The van der Waals surface area contributed by atoms with Gasteiger partial charge in [0.25, 0.3) is 0 Å². The Bertz CT molecular complexity index is 340. The predicted octanol–water partition coefficient (Wildman–Crippen LogP) is 3.13. The van der Waals surface area contributed by atoms with Crippen molar-refractivity contribution in [1.82, 2.24) is 0 Å². The molecular weight excluding hydrogens is 208 g/mol. The van der Waals surface area contributed by atoms with Crippen molar-refractivity contribution in [2.75, 3.05) is 0 Å². The summed E-state index contributed by atoms with van der Waals surface area (Å²) in [5, 5.41) is 0. The number of hydrogen-bond acceptors (Lipinski definition) is 1. The lowest BCUT2D eigenvalue weighted by atomic mass is 9.84. The van der Waals surface area contributed by atoms with Gasteiger partial charge in [-0.3, -0.25) is 0 Å². The second kappa shape index (κ2) is 5.39. The largest absolute Gasteiger partial charge is 0.328 e. The summed E-state index contributed by atoms with van der Waals surface area (Å²) in [7, 11) is 0. The maximum Gasteiger partial charge on any atom is 0.126 e. The number of nitrogens with two attached hydrogens (primary N) is 1. The van der Waals surface area contributed by atoms with Crippen LogP contribution < -0.4 is 5.73 Å². The summed E-state index contributed by atoms with van der Waals surface area (Å²) in [6, 6.07) is 3.54. The van der Waals surface area contributed by atoms with Gasteiger partial charge in [-0.2, -0.15) is 0 Å². The second-order valence-corrected chi connectivity index (χ2v) is 4.71. The number of benzene rings is 1. The molecule has 1 aromatic rings. The van der Waals surface area contributed by atoms with Crippen LogP contribution in [0.15, 0.2) is 18.2 Å². The Hall–Kier alpha value is -0.960. The van der Waals surface area contributed by atoms with Gasteiger partial charge in [0.15, 0.2) is 0 Å². The number of rotatable bonds is 4. The lowest BCUT2D eigenvalue weighted by molar-refractivity contribution is 0.326. The van der Waals surface area contributed by atoms with Crippen molar-refractivity contribution in [2.45, 2.75) is 33.2 Å². The van der Waals surface area contributed by atoms with Gasteiger partial charge in [0.2, 0.25) is 0 Å². The van der Waals surface area contributed by atoms with Gasteiger partial charge < -0.3 is 5.73 Å². The van der Waals surface area contributed by atoms with E-state index in [-0.39, 0.29) is 17.8 Å². The Labute approximate surface area is 95.7 Å². The Kier molecular flexibility index (Phi) is 4.42. The van der Waals surface area contributed by atoms with Crippen LogP contribution in [0.3, 0.4) is 0 Å². The molecule has 0 aliphatic carbocycles. The van der Waals surface area contributed by atoms with Crippen LogP contribution in [0, 0.1) is 23.5 Å². The molecule has 1 aromatic carbocycles. The van der Waals surface area contributed by atoms with E-state index in [0.717, 1.165) is 6.07 Å². The average molecular weight is 227 g/mol. The molecule has 2 N–H and O–H groups in total. The topological polar surface area (TPSA) is 26.0 Å². The van der Waals surface area contributed by atoms with E-state index in [9.17, 15) is 8.78 Å². The first-order valence-electron chi connectivity index (χ1n) is 5.61. The van der Waals surface area contributed by atoms with Crippen molar-refractivity contribution < 1.29 is 8.78 Å². The van der Waals surface area contributed by atoms with Crippen molar-refractivity contribution in [3.05, 3.63) is 35.4 Å². The van der Waals surface area contributed by atoms with Crippen molar-refractivity contribution in [1.29, 1.82) is 0 Å². The highest BCUT2D eigenvalue weighted by Gasteiger charge is 2.20. The molecule has 0 heterocycles. The first-order valence-corrected chi connectivity index (χ1v) is 5.61. The monoisotopic (exact) mass is 227 g/mol. The minimum atomic E-state index is -0.399. The zero-order chi connectivity index (χ0) is 12.3. The van der Waals surface area contributed by atoms with Gasteiger partial charge in [-0.25, -0.2) is 8.78 Å². The summed E-state index contributed by atoms with van der Waals surface area (Å²) in [5.74, 6) is -0.241. The average Bonchev–Trinajstić information content (AvgIpc) is 2.18. The molecule has 1 rings (SSSR count). The van der Waals surface area contributed by atoms with Crippen LogP contribution in [-0.2, 0) is 6.42 Å². The van der Waals surface area contributed by atoms with E-state index in [0.29, 0.717) is 17.9 Å². The Morgan fingerprint density at radius 3 is 2.31 bits per heavy atom. The van der Waals surface area contributed by atoms with Crippen LogP contribution in [0.25, 0.3) is 0 Å². The molecule has 3 heteroatoms. The van der Waals surface area contributed by atoms with Crippen molar-refractivity contribution in [3.63, 3.8) is 0 Å². The third-order valence-corrected chi connectivity index (χ3v) is 3.00. The molecule has 0 aliphatic heterocycles. The fourth-order valence-electron chi connectivity index (χ4n) is 1.98. The fraction of sp³-hybridized carbons (Fsp3) is 0.538. The molecule has 16 heavy (non-hydrogen) atoms. The molecule has 0 aromatic heterocycles. The molecule has 0 saturated heterocycles. The summed E-state index contributed by atoms with van der Waals surface area (Å²) in [6.45, 7) is 6.00. The zero-order valence-electron chi connectivity index (χ0n) is 10.0. The first-order chi connectivity index (χ1) is 7.41. The van der Waals surface area contributed by atoms with Gasteiger partial charge in [-0.15, -0.1) is 0 Å². The summed E-state index contributed by atoms with van der Waals surface area (Å²) in [5.41, 5.74) is 6.27. The Morgan fingerprint density at radius 1 is 1.19 bits per heavy atom. The molecule has 0 aliphatic rings. The zero-order valence-corrected chi connectivity index (χ0v) is 10.0. The van der Waals surface area contributed by atoms with Crippen LogP contribution in [0.5, 0.6) is 0 Å². The van der Waals surface area contributed by atoms with Crippen molar-refractivity contribution in [3.8, 4) is 0 Å². The van der Waals surface area contributed by atoms with E-state index < -0.39 is 5.82 Å². The molecule has 0 saturated carbocycles. The number of hydrogen-bond donors (Lipinski definition) is 1. The second-order valence-electron chi connectivity index (χ2n) is 4.71. The van der Waals surface area contributed by atoms with E-state index in [1.54, 1.807) is 0 Å². The van der Waals surface area contributed by atoms with E-state index in [1.807, 2.05) is 20.8 Å². The maximum atomic E-state index is 13.4. The molecule has 0 amide bonds. The summed E-state index contributed by atoms with van der Waals surface area (Å²) in [6.07, 6.45) is 0.485. The Morgan fingerprint density at radius 2 is 1.81 bits per heavy atom. The standard InChI is InChI=1S/C13H19F2N/c1-8(2)12(9(3)16)7-10-6-11(14)4-5-13(10)15/h4-6,8-9,12H,7,16H2,1-3H3. The molecule has 2 atom stereocenters. The fourth-order valence-corrected chi connectivity index (χ4v) is 1.98. The quantitative estimate of drug-likeness (QED) is 0.840. The van der Waals surface area contributed by atoms with Crippen LogP contribution in [0.2, 0.25) is 0 Å². The van der Waals surface area contributed by atoms with Crippen molar-refractivity contribution in [2.24, 2.45) is 17.6 Å². The molecule has 2 unspecified atom stereocenters. The molecule has 0 spiro atoms. The van der Waals surface area contributed by atoms with Gasteiger partial charge in [0.05, 0.1) is 0 Å². The first kappa shape index (κ1) is 13.1. The third-order valence-electron chi connectivity index (χ3n) is 3.00. The van der Waals surface area contributed by atoms with Gasteiger partial charge in [0, 0.05) is 6.04 Å². The summed E-state index contributed by atoms with van der Waals surface area (Å²) >= 11 is 0. The van der Waals surface area contributed by atoms with E-state index in [1.165, 1.54) is 12.1 Å². The highest BCUT2D eigenvalue weighted by Crippen LogP contribution is 2.22. The van der Waals surface area contributed by atoms with Crippen LogP contribution >= 0.6 is 0 Å². The summed E-state index contributed by atoms with van der Waals surface area (Å²) < 4.78 is 26.5. The van der Waals surface area contributed by atoms with Crippen molar-refractivity contribution >= 4 is 0 Å². The number of halogens is 2. The van der Waals surface area contributed by atoms with Gasteiger partial charge in [-0.05, 0) is 48.9 Å². The molecule has 0 radical (unpaired) electrons. The molecular formula is C13H19F2N. The highest BCUT2D eigenvalue weighted by atomic mass is 19.1. The lowest BCUT2D eigenvalue weighted by Gasteiger charge is -2.24.